The predicted molar refractivity (Wildman–Crippen MR) is 144 cm³/mol. The number of hydrogen-bond acceptors (Lipinski definition) is 7. The minimum Gasteiger partial charge on any atom is -0.352 e. The summed E-state index contributed by atoms with van der Waals surface area (Å²) >= 11 is 3.11. The molecule has 36 heavy (non-hydrogen) atoms. The van der Waals surface area contributed by atoms with Crippen LogP contribution in [0.2, 0.25) is 0 Å². The quantitative estimate of drug-likeness (QED) is 0.516. The monoisotopic (exact) mass is 527 g/mol. The molecular formula is C26H30FN5O2S2. The molecular weight excluding hydrogens is 497 g/mol. The first-order valence-corrected chi connectivity index (χ1v) is 14.3. The predicted octanol–water partition coefficient (Wildman–Crippen LogP) is 4.28. The van der Waals surface area contributed by atoms with Crippen LogP contribution in [0.5, 0.6) is 0 Å². The molecule has 2 aromatic heterocycles. The van der Waals surface area contributed by atoms with E-state index in [1.165, 1.54) is 58.3 Å². The standard InChI is InChI=1S/C26H30FN5O2S2/c1-16-3-8-20-21(13-16)36-26-24(20)25(28-17(2)29-26)32-11-9-31(10-12-32)23(34)15-35-14-22(33)30-19-6-4-18(27)5-7-19/h4-7,16H,3,8-15H2,1-2H3,(H,30,33). The molecule has 1 unspecified atom stereocenters. The Morgan fingerprint density at radius 2 is 1.89 bits per heavy atom. The number of carbonyl (C=O) groups is 2. The van der Waals surface area contributed by atoms with Crippen LogP contribution in [0.25, 0.3) is 10.2 Å². The van der Waals surface area contributed by atoms with E-state index in [4.69, 9.17) is 9.97 Å². The first-order chi connectivity index (χ1) is 17.4. The van der Waals surface area contributed by atoms with Crippen LogP contribution in [0.4, 0.5) is 15.9 Å². The number of carbonyl (C=O) groups excluding carboxylic acids is 2. The molecule has 0 saturated carbocycles. The summed E-state index contributed by atoms with van der Waals surface area (Å²) in [5.41, 5.74) is 1.97. The Morgan fingerprint density at radius 3 is 2.64 bits per heavy atom. The van der Waals surface area contributed by atoms with Gasteiger partial charge in [0.2, 0.25) is 11.8 Å². The van der Waals surface area contributed by atoms with Crippen molar-refractivity contribution in [2.75, 3.05) is 47.9 Å². The minimum atomic E-state index is -0.350. The van der Waals surface area contributed by atoms with E-state index in [9.17, 15) is 14.0 Å². The number of hydrogen-bond donors (Lipinski definition) is 1. The van der Waals surface area contributed by atoms with Gasteiger partial charge in [-0.05, 0) is 61.9 Å². The molecule has 0 bridgehead atoms. The molecule has 0 radical (unpaired) electrons. The Balaban J connectivity index is 1.15. The van der Waals surface area contributed by atoms with Crippen molar-refractivity contribution in [3.8, 4) is 0 Å². The average Bonchev–Trinajstić information content (AvgIpc) is 3.22. The SMILES string of the molecule is Cc1nc(N2CCN(C(=O)CSCC(=O)Nc3ccc(F)cc3)CC2)c2c3c(sc2n1)CC(C)CC3. The Kier molecular flexibility index (Phi) is 7.43. The molecule has 10 heteroatoms. The number of amides is 2. The van der Waals surface area contributed by atoms with Crippen molar-refractivity contribution in [1.29, 1.82) is 0 Å². The third-order valence-electron chi connectivity index (χ3n) is 6.77. The summed E-state index contributed by atoms with van der Waals surface area (Å²) in [6, 6.07) is 5.63. The highest BCUT2D eigenvalue weighted by molar-refractivity contribution is 8.00. The number of nitrogens with zero attached hydrogens (tertiary/aromatic N) is 4. The van der Waals surface area contributed by atoms with E-state index >= 15 is 0 Å². The van der Waals surface area contributed by atoms with Crippen LogP contribution in [-0.2, 0) is 22.4 Å². The zero-order valence-corrected chi connectivity index (χ0v) is 22.2. The Morgan fingerprint density at radius 1 is 1.14 bits per heavy atom. The van der Waals surface area contributed by atoms with Crippen molar-refractivity contribution in [2.45, 2.75) is 33.1 Å². The number of piperazine rings is 1. The fourth-order valence-electron chi connectivity index (χ4n) is 4.88. The summed E-state index contributed by atoms with van der Waals surface area (Å²) in [6.07, 6.45) is 3.41. The van der Waals surface area contributed by atoms with Gasteiger partial charge in [-0.15, -0.1) is 23.1 Å². The maximum absolute atomic E-state index is 13.0. The number of nitrogens with one attached hydrogen (secondary N) is 1. The molecule has 1 fully saturated rings. The van der Waals surface area contributed by atoms with Gasteiger partial charge in [0, 0.05) is 36.7 Å². The first kappa shape index (κ1) is 25.0. The van der Waals surface area contributed by atoms with E-state index in [1.807, 2.05) is 23.2 Å². The molecule has 1 N–H and O–H groups in total. The first-order valence-electron chi connectivity index (χ1n) is 12.3. The summed E-state index contributed by atoms with van der Waals surface area (Å²) in [6.45, 7) is 7.00. The summed E-state index contributed by atoms with van der Waals surface area (Å²) in [5, 5.41) is 3.94. The molecule has 2 amide bonds. The van der Waals surface area contributed by atoms with E-state index in [0.717, 1.165) is 42.4 Å². The van der Waals surface area contributed by atoms with Crippen LogP contribution in [0, 0.1) is 18.7 Å². The lowest BCUT2D eigenvalue weighted by Gasteiger charge is -2.36. The summed E-state index contributed by atoms with van der Waals surface area (Å²) in [5.74, 6) is 2.43. The smallest absolute Gasteiger partial charge is 0.234 e. The van der Waals surface area contributed by atoms with Gasteiger partial charge >= 0.3 is 0 Å². The molecule has 1 atom stereocenters. The van der Waals surface area contributed by atoms with Gasteiger partial charge in [-0.2, -0.15) is 0 Å². The molecule has 1 aliphatic carbocycles. The molecule has 2 aliphatic rings. The minimum absolute atomic E-state index is 0.0418. The van der Waals surface area contributed by atoms with Gasteiger partial charge in [-0.1, -0.05) is 6.92 Å². The average molecular weight is 528 g/mol. The topological polar surface area (TPSA) is 78.4 Å². The van der Waals surface area contributed by atoms with Gasteiger partial charge in [-0.3, -0.25) is 9.59 Å². The van der Waals surface area contributed by atoms with Gasteiger partial charge < -0.3 is 15.1 Å². The van der Waals surface area contributed by atoms with Gasteiger partial charge in [0.25, 0.3) is 0 Å². The third kappa shape index (κ3) is 5.49. The zero-order chi connectivity index (χ0) is 25.2. The Hall–Kier alpha value is -2.72. The molecule has 1 aliphatic heterocycles. The fraction of sp³-hybridized carbons (Fsp3) is 0.462. The van der Waals surface area contributed by atoms with Crippen LogP contribution in [-0.4, -0.2) is 64.4 Å². The van der Waals surface area contributed by atoms with Gasteiger partial charge in [0.05, 0.1) is 16.9 Å². The lowest BCUT2D eigenvalue weighted by molar-refractivity contribution is -0.128. The lowest BCUT2D eigenvalue weighted by atomic mass is 9.89. The summed E-state index contributed by atoms with van der Waals surface area (Å²) in [4.78, 5) is 41.2. The second kappa shape index (κ2) is 10.7. The number of rotatable bonds is 6. The van der Waals surface area contributed by atoms with Gasteiger partial charge in [0.1, 0.15) is 22.3 Å². The molecule has 3 heterocycles. The number of benzene rings is 1. The van der Waals surface area contributed by atoms with Crippen molar-refractivity contribution in [1.82, 2.24) is 14.9 Å². The number of thioether (sulfide) groups is 1. The van der Waals surface area contributed by atoms with Gasteiger partial charge in [0.15, 0.2) is 0 Å². The van der Waals surface area contributed by atoms with E-state index in [1.54, 1.807) is 0 Å². The van der Waals surface area contributed by atoms with E-state index < -0.39 is 0 Å². The van der Waals surface area contributed by atoms with Gasteiger partial charge in [-0.25, -0.2) is 14.4 Å². The van der Waals surface area contributed by atoms with E-state index in [0.29, 0.717) is 24.7 Å². The van der Waals surface area contributed by atoms with E-state index in [2.05, 4.69) is 17.1 Å². The van der Waals surface area contributed by atoms with Crippen molar-refractivity contribution in [3.63, 3.8) is 0 Å². The van der Waals surface area contributed by atoms with Crippen LogP contribution in [0.15, 0.2) is 24.3 Å². The molecule has 0 spiro atoms. The number of fused-ring (bicyclic) bond motifs is 3. The van der Waals surface area contributed by atoms with Crippen molar-refractivity contribution in [3.05, 3.63) is 46.3 Å². The number of anilines is 2. The Labute approximate surface area is 218 Å². The number of thiophene rings is 1. The van der Waals surface area contributed by atoms with Crippen LogP contribution < -0.4 is 10.2 Å². The van der Waals surface area contributed by atoms with Crippen LogP contribution in [0.1, 0.15) is 29.6 Å². The zero-order valence-electron chi connectivity index (χ0n) is 20.6. The number of aromatic nitrogens is 2. The Bertz CT molecular complexity index is 1270. The van der Waals surface area contributed by atoms with Crippen molar-refractivity contribution in [2.24, 2.45) is 5.92 Å². The summed E-state index contributed by atoms with van der Waals surface area (Å²) in [7, 11) is 0. The normalized spacial score (nSPS) is 17.8. The van der Waals surface area contributed by atoms with Crippen molar-refractivity contribution >= 4 is 56.6 Å². The van der Waals surface area contributed by atoms with Crippen molar-refractivity contribution < 1.29 is 14.0 Å². The molecule has 5 rings (SSSR count). The fourth-order valence-corrected chi connectivity index (χ4v) is 7.02. The second-order valence-electron chi connectivity index (χ2n) is 9.54. The largest absolute Gasteiger partial charge is 0.352 e. The highest BCUT2D eigenvalue weighted by Crippen LogP contribution is 2.41. The van der Waals surface area contributed by atoms with E-state index in [-0.39, 0.29) is 29.1 Å². The molecule has 190 valence electrons. The number of halogens is 1. The summed E-state index contributed by atoms with van der Waals surface area (Å²) < 4.78 is 13.0. The highest BCUT2D eigenvalue weighted by Gasteiger charge is 2.28. The third-order valence-corrected chi connectivity index (χ3v) is 8.83. The van der Waals surface area contributed by atoms with Crippen LogP contribution >= 0.6 is 23.1 Å². The molecule has 7 nitrogen and oxygen atoms in total. The van der Waals surface area contributed by atoms with Crippen LogP contribution in [0.3, 0.4) is 0 Å². The highest BCUT2D eigenvalue weighted by atomic mass is 32.2. The maximum Gasteiger partial charge on any atom is 0.234 e. The lowest BCUT2D eigenvalue weighted by Crippen LogP contribution is -2.49. The number of aryl methyl sites for hydroxylation is 2. The molecule has 1 aromatic carbocycles. The maximum atomic E-state index is 13.0. The molecule has 1 saturated heterocycles. The second-order valence-corrected chi connectivity index (χ2v) is 11.6. The molecule has 3 aromatic rings.